The van der Waals surface area contributed by atoms with E-state index >= 15 is 0 Å². The Balaban J connectivity index is 1.64. The standard InChI is InChI=1S/C16H27N5O3S/c1-12-10-17-6-9-21(12)16(22)14-4-7-20(8-5-14)25(23,24)15-11-19(3)13(2)18-15/h11-12,14,17H,4-10H2,1-3H3/t12-/m1/s1. The number of sulfonamides is 1. The molecule has 8 nitrogen and oxygen atoms in total. The number of nitrogens with zero attached hydrogens (tertiary/aromatic N) is 4. The minimum atomic E-state index is -3.58. The molecule has 1 aromatic heterocycles. The van der Waals surface area contributed by atoms with Crippen molar-refractivity contribution in [1.82, 2.24) is 24.1 Å². The van der Waals surface area contributed by atoms with Gasteiger partial charge in [0.15, 0.2) is 5.03 Å². The molecule has 0 spiro atoms. The zero-order valence-electron chi connectivity index (χ0n) is 15.1. The Morgan fingerprint density at radius 2 is 1.96 bits per heavy atom. The van der Waals surface area contributed by atoms with Gasteiger partial charge in [0.1, 0.15) is 5.82 Å². The molecule has 3 rings (SSSR count). The Morgan fingerprint density at radius 1 is 1.28 bits per heavy atom. The number of hydrogen-bond acceptors (Lipinski definition) is 5. The Bertz CT molecular complexity index is 717. The SMILES string of the molecule is Cc1nc(S(=O)(=O)N2CCC(C(=O)N3CCNC[C@H]3C)CC2)cn1C. The lowest BCUT2D eigenvalue weighted by Gasteiger charge is -2.38. The third kappa shape index (κ3) is 3.58. The molecule has 0 saturated carbocycles. The molecular formula is C16H27N5O3S. The van der Waals surface area contributed by atoms with Crippen LogP contribution in [-0.2, 0) is 21.9 Å². The zero-order valence-corrected chi connectivity index (χ0v) is 15.9. The van der Waals surface area contributed by atoms with E-state index in [-0.39, 0.29) is 22.9 Å². The van der Waals surface area contributed by atoms with E-state index in [2.05, 4.69) is 10.3 Å². The first-order valence-electron chi connectivity index (χ1n) is 8.82. The first-order valence-corrected chi connectivity index (χ1v) is 10.3. The minimum Gasteiger partial charge on any atom is -0.337 e. The highest BCUT2D eigenvalue weighted by atomic mass is 32.2. The summed E-state index contributed by atoms with van der Waals surface area (Å²) >= 11 is 0. The molecule has 0 unspecified atom stereocenters. The normalized spacial score (nSPS) is 23.8. The van der Waals surface area contributed by atoms with Gasteiger partial charge in [0.2, 0.25) is 5.91 Å². The molecule has 1 N–H and O–H groups in total. The van der Waals surface area contributed by atoms with Crippen LogP contribution >= 0.6 is 0 Å². The maximum absolute atomic E-state index is 12.8. The molecule has 2 fully saturated rings. The molecule has 2 aliphatic heterocycles. The maximum Gasteiger partial charge on any atom is 0.262 e. The van der Waals surface area contributed by atoms with E-state index < -0.39 is 10.0 Å². The lowest BCUT2D eigenvalue weighted by atomic mass is 9.95. The lowest BCUT2D eigenvalue weighted by Crippen LogP contribution is -2.55. The fraction of sp³-hybridized carbons (Fsp3) is 0.750. The predicted molar refractivity (Wildman–Crippen MR) is 93.5 cm³/mol. The van der Waals surface area contributed by atoms with Gasteiger partial charge in [0.25, 0.3) is 10.0 Å². The van der Waals surface area contributed by atoms with E-state index in [0.29, 0.717) is 31.8 Å². The number of piperidine rings is 1. The van der Waals surface area contributed by atoms with E-state index in [1.807, 2.05) is 11.8 Å². The number of aromatic nitrogens is 2. The summed E-state index contributed by atoms with van der Waals surface area (Å²) in [4.78, 5) is 18.8. The summed E-state index contributed by atoms with van der Waals surface area (Å²) in [7, 11) is -1.80. The number of hydrogen-bond donors (Lipinski definition) is 1. The van der Waals surface area contributed by atoms with Gasteiger partial charge in [-0.1, -0.05) is 0 Å². The summed E-state index contributed by atoms with van der Waals surface area (Å²) in [5.41, 5.74) is 0. The Kier molecular flexibility index (Phi) is 5.17. The molecule has 2 aliphatic rings. The molecule has 9 heteroatoms. The summed E-state index contributed by atoms with van der Waals surface area (Å²) < 4.78 is 28.6. The van der Waals surface area contributed by atoms with Crippen LogP contribution in [-0.4, -0.2) is 71.8 Å². The molecule has 0 aromatic carbocycles. The number of amides is 1. The highest BCUT2D eigenvalue weighted by Gasteiger charge is 2.36. The molecule has 140 valence electrons. The van der Waals surface area contributed by atoms with Crippen LogP contribution in [0, 0.1) is 12.8 Å². The average Bonchev–Trinajstić information content (AvgIpc) is 2.95. The highest BCUT2D eigenvalue weighted by Crippen LogP contribution is 2.25. The first-order chi connectivity index (χ1) is 11.8. The van der Waals surface area contributed by atoms with Gasteiger partial charge < -0.3 is 14.8 Å². The highest BCUT2D eigenvalue weighted by molar-refractivity contribution is 7.89. The number of carbonyl (C=O) groups is 1. The minimum absolute atomic E-state index is 0.0857. The number of piperazine rings is 1. The average molecular weight is 369 g/mol. The van der Waals surface area contributed by atoms with Crippen molar-refractivity contribution in [2.24, 2.45) is 13.0 Å². The van der Waals surface area contributed by atoms with E-state index in [9.17, 15) is 13.2 Å². The largest absolute Gasteiger partial charge is 0.337 e. The molecule has 3 heterocycles. The molecule has 0 aliphatic carbocycles. The van der Waals surface area contributed by atoms with Crippen molar-refractivity contribution in [1.29, 1.82) is 0 Å². The molecular weight excluding hydrogens is 342 g/mol. The molecule has 25 heavy (non-hydrogen) atoms. The monoisotopic (exact) mass is 369 g/mol. The molecule has 0 bridgehead atoms. The predicted octanol–water partition coefficient (Wildman–Crippen LogP) is -0.0505. The summed E-state index contributed by atoms with van der Waals surface area (Å²) in [5.74, 6) is 0.744. The Morgan fingerprint density at radius 3 is 2.52 bits per heavy atom. The van der Waals surface area contributed by atoms with Gasteiger partial charge in [0, 0.05) is 57.9 Å². The summed E-state index contributed by atoms with van der Waals surface area (Å²) in [6, 6.07) is 0.194. The van der Waals surface area contributed by atoms with Crippen LogP contribution in [0.2, 0.25) is 0 Å². The van der Waals surface area contributed by atoms with Crippen LogP contribution in [0.15, 0.2) is 11.2 Å². The van der Waals surface area contributed by atoms with Gasteiger partial charge in [0.05, 0.1) is 0 Å². The topological polar surface area (TPSA) is 87.5 Å². The third-order valence-electron chi connectivity index (χ3n) is 5.28. The first kappa shape index (κ1) is 18.3. The number of carbonyl (C=O) groups excluding carboxylic acids is 1. The van der Waals surface area contributed by atoms with Crippen molar-refractivity contribution in [2.75, 3.05) is 32.7 Å². The van der Waals surface area contributed by atoms with Crippen LogP contribution in [0.25, 0.3) is 0 Å². The van der Waals surface area contributed by atoms with E-state index in [0.717, 1.165) is 19.6 Å². The van der Waals surface area contributed by atoms with Crippen molar-refractivity contribution < 1.29 is 13.2 Å². The maximum atomic E-state index is 12.8. The second-order valence-electron chi connectivity index (χ2n) is 7.00. The fourth-order valence-electron chi connectivity index (χ4n) is 3.53. The van der Waals surface area contributed by atoms with E-state index in [1.165, 1.54) is 4.31 Å². The Hall–Kier alpha value is -1.45. The van der Waals surface area contributed by atoms with Gasteiger partial charge in [-0.25, -0.2) is 13.4 Å². The molecule has 0 radical (unpaired) electrons. The van der Waals surface area contributed by atoms with E-state index in [4.69, 9.17) is 0 Å². The van der Waals surface area contributed by atoms with Gasteiger partial charge in [-0.2, -0.15) is 4.31 Å². The molecule has 1 atom stereocenters. The number of rotatable bonds is 3. The van der Waals surface area contributed by atoms with E-state index in [1.54, 1.807) is 24.7 Å². The van der Waals surface area contributed by atoms with Crippen molar-refractivity contribution in [3.05, 3.63) is 12.0 Å². The summed E-state index contributed by atoms with van der Waals surface area (Å²) in [5, 5.41) is 3.37. The van der Waals surface area contributed by atoms with Gasteiger partial charge in [-0.05, 0) is 26.7 Å². The van der Waals surface area contributed by atoms with Gasteiger partial charge >= 0.3 is 0 Å². The number of nitrogens with one attached hydrogen (secondary N) is 1. The van der Waals surface area contributed by atoms with Crippen LogP contribution in [0.4, 0.5) is 0 Å². The van der Waals surface area contributed by atoms with Crippen molar-refractivity contribution >= 4 is 15.9 Å². The van der Waals surface area contributed by atoms with Crippen LogP contribution in [0.1, 0.15) is 25.6 Å². The quantitative estimate of drug-likeness (QED) is 0.807. The van der Waals surface area contributed by atoms with Gasteiger partial charge in [-0.15, -0.1) is 0 Å². The van der Waals surface area contributed by atoms with Crippen molar-refractivity contribution in [3.63, 3.8) is 0 Å². The van der Waals surface area contributed by atoms with Crippen molar-refractivity contribution in [2.45, 2.75) is 37.8 Å². The second kappa shape index (κ2) is 7.05. The number of aryl methyl sites for hydroxylation is 2. The smallest absolute Gasteiger partial charge is 0.262 e. The lowest BCUT2D eigenvalue weighted by molar-refractivity contribution is -0.139. The second-order valence-corrected chi connectivity index (χ2v) is 8.89. The number of imidazole rings is 1. The third-order valence-corrected chi connectivity index (χ3v) is 7.05. The molecule has 1 amide bonds. The molecule has 2 saturated heterocycles. The Labute approximate surface area is 149 Å². The van der Waals surface area contributed by atoms with Crippen LogP contribution < -0.4 is 5.32 Å². The van der Waals surface area contributed by atoms with Crippen LogP contribution in [0.3, 0.4) is 0 Å². The summed E-state index contributed by atoms with van der Waals surface area (Å²) in [6.07, 6.45) is 2.69. The summed E-state index contributed by atoms with van der Waals surface area (Å²) in [6.45, 7) is 6.93. The molecule has 1 aromatic rings. The fourth-order valence-corrected chi connectivity index (χ4v) is 5.02. The van der Waals surface area contributed by atoms with Gasteiger partial charge in [-0.3, -0.25) is 4.79 Å². The zero-order chi connectivity index (χ0) is 18.2. The van der Waals surface area contributed by atoms with Crippen LogP contribution in [0.5, 0.6) is 0 Å². The van der Waals surface area contributed by atoms with Crippen molar-refractivity contribution in [3.8, 4) is 0 Å².